The molecule has 8 nitrogen and oxygen atoms in total. The third kappa shape index (κ3) is 37.1. The summed E-state index contributed by atoms with van der Waals surface area (Å²) in [5.74, 6) is -1.86. The van der Waals surface area contributed by atoms with Crippen molar-refractivity contribution in [2.75, 3.05) is 41.0 Å². The smallest absolute Gasteiger partial charge is 0.306 e. The molecular formula is C49H75NO7. The summed E-state index contributed by atoms with van der Waals surface area (Å²) in [6.45, 7) is 4.28. The van der Waals surface area contributed by atoms with Crippen LogP contribution in [0.4, 0.5) is 0 Å². The molecule has 2 atom stereocenters. The maximum atomic E-state index is 12.7. The van der Waals surface area contributed by atoms with Crippen LogP contribution in [-0.2, 0) is 28.6 Å². The van der Waals surface area contributed by atoms with Gasteiger partial charge in [0.05, 0.1) is 40.3 Å². The van der Waals surface area contributed by atoms with Gasteiger partial charge in [-0.1, -0.05) is 148 Å². The number of esters is 2. The molecule has 0 saturated carbocycles. The lowest BCUT2D eigenvalue weighted by molar-refractivity contribution is -0.889. The van der Waals surface area contributed by atoms with Crippen LogP contribution < -0.4 is 5.11 Å². The Morgan fingerprint density at radius 2 is 1.02 bits per heavy atom. The third-order valence-corrected chi connectivity index (χ3v) is 8.50. The number of likely N-dealkylation sites (N-methyl/N-ethyl adjacent to an activating group) is 1. The van der Waals surface area contributed by atoms with Gasteiger partial charge >= 0.3 is 11.9 Å². The quantitative estimate of drug-likeness (QED) is 0.0207. The molecule has 318 valence electrons. The highest BCUT2D eigenvalue weighted by molar-refractivity contribution is 5.70. The molecule has 2 unspecified atom stereocenters. The molecule has 0 bridgehead atoms. The fourth-order valence-electron chi connectivity index (χ4n) is 5.27. The van der Waals surface area contributed by atoms with E-state index in [-0.39, 0.29) is 55.5 Å². The fourth-order valence-corrected chi connectivity index (χ4v) is 5.27. The van der Waals surface area contributed by atoms with E-state index in [2.05, 4.69) is 74.6 Å². The second-order valence-corrected chi connectivity index (χ2v) is 14.6. The van der Waals surface area contributed by atoms with Crippen molar-refractivity contribution in [3.05, 3.63) is 122 Å². The number of nitrogens with zero attached hydrogens (tertiary/aromatic N) is 1. The van der Waals surface area contributed by atoms with Gasteiger partial charge < -0.3 is 28.6 Å². The molecule has 8 heteroatoms. The van der Waals surface area contributed by atoms with Crippen molar-refractivity contribution in [3.8, 4) is 0 Å². The molecule has 0 aromatic carbocycles. The molecule has 0 aliphatic rings. The molecule has 0 aliphatic heterocycles. The van der Waals surface area contributed by atoms with Gasteiger partial charge in [0.25, 0.3) is 0 Å². The van der Waals surface area contributed by atoms with E-state index in [0.717, 1.165) is 70.6 Å². The van der Waals surface area contributed by atoms with E-state index in [1.165, 1.54) is 0 Å². The van der Waals surface area contributed by atoms with Crippen LogP contribution in [0, 0.1) is 0 Å². The first-order valence-electron chi connectivity index (χ1n) is 21.1. The lowest BCUT2D eigenvalue weighted by atomic mass is 10.1. The van der Waals surface area contributed by atoms with Gasteiger partial charge in [-0.05, 0) is 70.6 Å². The summed E-state index contributed by atoms with van der Waals surface area (Å²) >= 11 is 0. The summed E-state index contributed by atoms with van der Waals surface area (Å²) in [4.78, 5) is 36.8. The third-order valence-electron chi connectivity index (χ3n) is 8.50. The zero-order valence-corrected chi connectivity index (χ0v) is 35.9. The van der Waals surface area contributed by atoms with Crippen molar-refractivity contribution >= 4 is 17.9 Å². The summed E-state index contributed by atoms with van der Waals surface area (Å²) in [5.41, 5.74) is 0. The molecule has 0 radical (unpaired) electrons. The number of unbranched alkanes of at least 4 members (excludes halogenated alkanes) is 6. The van der Waals surface area contributed by atoms with Gasteiger partial charge in [-0.25, -0.2) is 0 Å². The highest BCUT2D eigenvalue weighted by Gasteiger charge is 2.25. The van der Waals surface area contributed by atoms with Gasteiger partial charge in [0.1, 0.15) is 12.6 Å². The monoisotopic (exact) mass is 790 g/mol. The number of hydrogen-bond acceptors (Lipinski definition) is 7. The van der Waals surface area contributed by atoms with E-state index in [0.29, 0.717) is 12.8 Å². The number of quaternary nitrogens is 1. The predicted molar refractivity (Wildman–Crippen MR) is 235 cm³/mol. The van der Waals surface area contributed by atoms with Crippen molar-refractivity contribution in [1.29, 1.82) is 0 Å². The molecule has 0 heterocycles. The molecule has 0 spiro atoms. The molecular weight excluding hydrogens is 715 g/mol. The number of carboxylic acids is 1. The summed E-state index contributed by atoms with van der Waals surface area (Å²) in [7, 11) is 5.36. The molecule has 0 aromatic heterocycles. The molecule has 0 aromatic rings. The van der Waals surface area contributed by atoms with E-state index in [4.69, 9.17) is 14.2 Å². The number of aliphatic carboxylic acids is 1. The molecule has 0 rings (SSSR count). The SMILES string of the molecule is CC/C=C/C=C/C=C/C=C/C=C/C=C/CCCCCC(=O)OCC(COCCC(C(=O)[O-])[N+](C)(C)C)OC(=O)CCCCC/C=C/C/C=C/C/C=C/C/C=C/CC. The van der Waals surface area contributed by atoms with Crippen LogP contribution in [0.5, 0.6) is 0 Å². The predicted octanol–water partition coefficient (Wildman–Crippen LogP) is 10.1. The standard InChI is InChI=1S/C49H75NO7/c1-6-8-10-12-14-16-18-20-22-24-26-27-29-31-33-35-37-39-47(51)56-44-45(43-55-42-41-46(49(53)54)50(3,4)5)57-48(52)40-38-36-34-32-30-28-25-23-21-19-17-15-13-11-9-7-2/h8-12,14-18,20-24,26-30,45-46H,6-7,13,19,25,31-44H2,1-5H3/b10-8+,11-9+,14-12+,17-15+,18-16+,22-20+,23-21+,26-24+,29-27+,30-28+. The van der Waals surface area contributed by atoms with Crippen LogP contribution in [0.15, 0.2) is 122 Å². The number of carbonyl (C=O) groups is 3. The Hall–Kier alpha value is -4.27. The number of rotatable bonds is 35. The number of carbonyl (C=O) groups excluding carboxylic acids is 3. The van der Waals surface area contributed by atoms with E-state index in [1.807, 2.05) is 60.8 Å². The summed E-state index contributed by atoms with van der Waals surface area (Å²) in [6, 6.07) is -0.747. The van der Waals surface area contributed by atoms with Crippen molar-refractivity contribution < 1.29 is 38.2 Å². The normalized spacial score (nSPS) is 14.2. The number of allylic oxidation sites excluding steroid dienone is 20. The molecule has 0 amide bonds. The minimum absolute atomic E-state index is 0.00329. The molecule has 0 fully saturated rings. The minimum Gasteiger partial charge on any atom is -0.544 e. The van der Waals surface area contributed by atoms with Crippen LogP contribution in [0.1, 0.15) is 117 Å². The van der Waals surface area contributed by atoms with Gasteiger partial charge in [0, 0.05) is 19.3 Å². The van der Waals surface area contributed by atoms with Gasteiger partial charge in [-0.3, -0.25) is 9.59 Å². The van der Waals surface area contributed by atoms with Crippen molar-refractivity contribution in [2.45, 2.75) is 129 Å². The van der Waals surface area contributed by atoms with Crippen LogP contribution in [0.3, 0.4) is 0 Å². The van der Waals surface area contributed by atoms with Crippen LogP contribution >= 0.6 is 0 Å². The van der Waals surface area contributed by atoms with Crippen LogP contribution in [0.2, 0.25) is 0 Å². The zero-order chi connectivity index (χ0) is 42.1. The maximum absolute atomic E-state index is 12.7. The maximum Gasteiger partial charge on any atom is 0.306 e. The van der Waals surface area contributed by atoms with Gasteiger partial charge in [-0.2, -0.15) is 0 Å². The topological polar surface area (TPSA) is 102 Å². The van der Waals surface area contributed by atoms with Crippen molar-refractivity contribution in [3.63, 3.8) is 0 Å². The zero-order valence-electron chi connectivity index (χ0n) is 35.9. The highest BCUT2D eigenvalue weighted by atomic mass is 16.6. The molecule has 0 aliphatic carbocycles. The lowest BCUT2D eigenvalue weighted by Crippen LogP contribution is -2.55. The highest BCUT2D eigenvalue weighted by Crippen LogP contribution is 2.11. The van der Waals surface area contributed by atoms with E-state index < -0.39 is 18.1 Å². The molecule has 0 saturated heterocycles. The Morgan fingerprint density at radius 3 is 1.54 bits per heavy atom. The number of hydrogen-bond donors (Lipinski definition) is 0. The summed E-state index contributed by atoms with van der Waals surface area (Å²) < 4.78 is 17.1. The Bertz CT molecular complexity index is 1340. The first kappa shape index (κ1) is 52.7. The largest absolute Gasteiger partial charge is 0.544 e. The van der Waals surface area contributed by atoms with Crippen LogP contribution in [-0.4, -0.2) is 75.5 Å². The Morgan fingerprint density at radius 1 is 0.544 bits per heavy atom. The second-order valence-electron chi connectivity index (χ2n) is 14.6. The van der Waals surface area contributed by atoms with Crippen LogP contribution in [0.25, 0.3) is 0 Å². The number of carboxylic acid groups (broad SMARTS) is 1. The number of ether oxygens (including phenoxy) is 3. The summed E-state index contributed by atoms with van der Waals surface area (Å²) in [6.07, 6.45) is 53.6. The fraction of sp³-hybridized carbons (Fsp3) is 0.531. The Balaban J connectivity index is 4.56. The first-order chi connectivity index (χ1) is 27.6. The van der Waals surface area contributed by atoms with E-state index >= 15 is 0 Å². The Labute approximate surface area is 346 Å². The first-order valence-corrected chi connectivity index (χ1v) is 21.1. The van der Waals surface area contributed by atoms with E-state index in [1.54, 1.807) is 21.1 Å². The minimum atomic E-state index is -1.14. The van der Waals surface area contributed by atoms with Gasteiger partial charge in [0.15, 0.2) is 6.10 Å². The lowest BCUT2D eigenvalue weighted by Gasteiger charge is -2.34. The van der Waals surface area contributed by atoms with Crippen molar-refractivity contribution in [1.82, 2.24) is 0 Å². The second kappa shape index (κ2) is 38.6. The average molecular weight is 790 g/mol. The molecule has 0 N–H and O–H groups in total. The van der Waals surface area contributed by atoms with Crippen molar-refractivity contribution in [2.24, 2.45) is 0 Å². The van der Waals surface area contributed by atoms with E-state index in [9.17, 15) is 19.5 Å². The summed E-state index contributed by atoms with van der Waals surface area (Å²) in [5, 5.41) is 11.6. The molecule has 57 heavy (non-hydrogen) atoms. The average Bonchev–Trinajstić information content (AvgIpc) is 3.17. The van der Waals surface area contributed by atoms with Gasteiger partial charge in [0.2, 0.25) is 0 Å². The Kier molecular flexibility index (Phi) is 35.7. The van der Waals surface area contributed by atoms with Gasteiger partial charge in [-0.15, -0.1) is 0 Å².